The van der Waals surface area contributed by atoms with Gasteiger partial charge in [-0.25, -0.2) is 13.9 Å². The molecule has 0 amide bonds. The van der Waals surface area contributed by atoms with Gasteiger partial charge in [-0.15, -0.1) is 0 Å². The van der Waals surface area contributed by atoms with Crippen LogP contribution in [0.1, 0.15) is 0 Å². The van der Waals surface area contributed by atoms with E-state index in [-0.39, 0.29) is 17.1 Å². The summed E-state index contributed by atoms with van der Waals surface area (Å²) in [7, 11) is 0. The normalized spacial score (nSPS) is 9.74. The first-order chi connectivity index (χ1) is 9.11. The number of nitro benzene ring substituents is 1. The number of aromatic nitrogens is 2. The molecule has 8 heteroatoms. The number of benzene rings is 1. The smallest absolute Gasteiger partial charge is 0.272 e. The molecule has 0 aliphatic heterocycles. The summed E-state index contributed by atoms with van der Waals surface area (Å²) in [4.78, 5) is 19.7. The number of hydrogen-bond donors (Lipinski definition) is 0. The maximum atomic E-state index is 13.7. The van der Waals surface area contributed by atoms with Gasteiger partial charge < -0.3 is 4.74 Å². The van der Waals surface area contributed by atoms with Crippen LogP contribution in [0, 0.1) is 15.9 Å². The van der Waals surface area contributed by atoms with E-state index >= 15 is 0 Å². The standard InChI is InChI=1S/C11H6FN3O4/c12-10-5-8(15(17)18)1-2-11(10)14-7-9(6-13-14)19-4-3-16/h1-2,4-7H. The summed E-state index contributed by atoms with van der Waals surface area (Å²) in [5.41, 5.74) is -0.329. The Balaban J connectivity index is 2.33. The minimum absolute atomic E-state index is 0.0236. The number of nitro groups is 1. The summed E-state index contributed by atoms with van der Waals surface area (Å²) in [5.74, 6) is 0.826. The fourth-order valence-corrected chi connectivity index (χ4v) is 1.39. The van der Waals surface area contributed by atoms with Crippen molar-refractivity contribution in [3.05, 3.63) is 52.8 Å². The molecule has 0 aliphatic carbocycles. The van der Waals surface area contributed by atoms with Crippen LogP contribution in [0.25, 0.3) is 5.69 Å². The van der Waals surface area contributed by atoms with Crippen LogP contribution in [0.5, 0.6) is 5.75 Å². The Hall–Kier alpha value is -2.99. The summed E-state index contributed by atoms with van der Waals surface area (Å²) in [6.45, 7) is 0. The molecule has 0 saturated heterocycles. The Labute approximate surface area is 105 Å². The molecule has 0 radical (unpaired) electrons. The minimum atomic E-state index is -0.797. The van der Waals surface area contributed by atoms with Crippen LogP contribution in [0.3, 0.4) is 0 Å². The Kier molecular flexibility index (Phi) is 3.35. The van der Waals surface area contributed by atoms with Gasteiger partial charge in [0.1, 0.15) is 5.69 Å². The van der Waals surface area contributed by atoms with Gasteiger partial charge in [0.15, 0.2) is 23.8 Å². The molecule has 96 valence electrons. The zero-order valence-electron chi connectivity index (χ0n) is 9.32. The van der Waals surface area contributed by atoms with E-state index in [9.17, 15) is 19.3 Å². The van der Waals surface area contributed by atoms with Crippen LogP contribution in [-0.4, -0.2) is 20.6 Å². The first kappa shape index (κ1) is 12.5. The zero-order chi connectivity index (χ0) is 13.8. The quantitative estimate of drug-likeness (QED) is 0.362. The average molecular weight is 263 g/mol. The van der Waals surface area contributed by atoms with Gasteiger partial charge in [0.2, 0.25) is 0 Å². The largest absolute Gasteiger partial charge is 0.450 e. The van der Waals surface area contributed by atoms with E-state index in [0.717, 1.165) is 23.1 Å². The van der Waals surface area contributed by atoms with E-state index < -0.39 is 10.7 Å². The minimum Gasteiger partial charge on any atom is -0.450 e. The summed E-state index contributed by atoms with van der Waals surface area (Å²) in [5, 5.41) is 14.3. The maximum absolute atomic E-state index is 13.7. The number of nitrogens with zero attached hydrogens (tertiary/aromatic N) is 3. The highest BCUT2D eigenvalue weighted by molar-refractivity contribution is 5.44. The number of hydrogen-bond acceptors (Lipinski definition) is 5. The SMILES string of the molecule is O=C=COc1cnn(-c2ccc([N+](=O)[O-])cc2F)c1. The second-order valence-corrected chi connectivity index (χ2v) is 3.37. The molecule has 0 spiro atoms. The molecule has 0 unspecified atom stereocenters. The predicted molar refractivity (Wildman–Crippen MR) is 61.1 cm³/mol. The lowest BCUT2D eigenvalue weighted by atomic mass is 10.2. The van der Waals surface area contributed by atoms with Crippen LogP contribution in [-0.2, 0) is 4.79 Å². The van der Waals surface area contributed by atoms with Crippen molar-refractivity contribution in [2.75, 3.05) is 0 Å². The first-order valence-corrected chi connectivity index (χ1v) is 4.97. The van der Waals surface area contributed by atoms with Gasteiger partial charge in [0.25, 0.3) is 5.69 Å². The van der Waals surface area contributed by atoms with Crippen molar-refractivity contribution in [1.82, 2.24) is 9.78 Å². The number of rotatable bonds is 4. The van der Waals surface area contributed by atoms with Crippen LogP contribution in [0.4, 0.5) is 10.1 Å². The molecule has 1 aromatic carbocycles. The molecule has 0 aliphatic rings. The Morgan fingerprint density at radius 1 is 1.53 bits per heavy atom. The van der Waals surface area contributed by atoms with Crippen molar-refractivity contribution in [2.24, 2.45) is 0 Å². The van der Waals surface area contributed by atoms with Crippen LogP contribution in [0.2, 0.25) is 0 Å². The zero-order valence-corrected chi connectivity index (χ0v) is 9.32. The summed E-state index contributed by atoms with van der Waals surface area (Å²) in [6.07, 6.45) is 3.36. The lowest BCUT2D eigenvalue weighted by Crippen LogP contribution is -1.99. The monoisotopic (exact) mass is 263 g/mol. The van der Waals surface area contributed by atoms with Gasteiger partial charge in [0.05, 0.1) is 23.4 Å². The molecule has 0 saturated carbocycles. The third kappa shape index (κ3) is 2.64. The molecule has 0 atom stereocenters. The highest BCUT2D eigenvalue weighted by atomic mass is 19.1. The molecule has 0 bridgehead atoms. The van der Waals surface area contributed by atoms with E-state index in [1.807, 2.05) is 0 Å². The second kappa shape index (κ2) is 5.11. The molecular formula is C11H6FN3O4. The molecule has 0 fully saturated rings. The molecule has 1 heterocycles. The van der Waals surface area contributed by atoms with Crippen molar-refractivity contribution in [2.45, 2.75) is 0 Å². The number of ether oxygens (including phenoxy) is 1. The lowest BCUT2D eigenvalue weighted by Gasteiger charge is -2.02. The second-order valence-electron chi connectivity index (χ2n) is 3.37. The average Bonchev–Trinajstić information content (AvgIpc) is 2.84. The van der Waals surface area contributed by atoms with Gasteiger partial charge in [-0.3, -0.25) is 10.1 Å². The van der Waals surface area contributed by atoms with Crippen molar-refractivity contribution in [3.8, 4) is 11.4 Å². The van der Waals surface area contributed by atoms with Crippen molar-refractivity contribution < 1.29 is 18.8 Å². The van der Waals surface area contributed by atoms with Crippen LogP contribution >= 0.6 is 0 Å². The van der Waals surface area contributed by atoms with Crippen molar-refractivity contribution in [3.63, 3.8) is 0 Å². The van der Waals surface area contributed by atoms with E-state index in [0.29, 0.717) is 0 Å². The van der Waals surface area contributed by atoms with Crippen LogP contribution < -0.4 is 4.74 Å². The lowest BCUT2D eigenvalue weighted by molar-refractivity contribution is -0.385. The van der Waals surface area contributed by atoms with Crippen molar-refractivity contribution >= 4 is 11.6 Å². The topological polar surface area (TPSA) is 87.3 Å². The van der Waals surface area contributed by atoms with Crippen LogP contribution in [0.15, 0.2) is 36.9 Å². The summed E-state index contributed by atoms with van der Waals surface area (Å²) >= 11 is 0. The molecule has 0 N–H and O–H groups in total. The first-order valence-electron chi connectivity index (χ1n) is 4.97. The molecule has 2 rings (SSSR count). The number of non-ortho nitro benzene ring substituents is 1. The van der Waals surface area contributed by atoms with Gasteiger partial charge in [-0.05, 0) is 6.07 Å². The third-order valence-corrected chi connectivity index (χ3v) is 2.19. The highest BCUT2D eigenvalue weighted by Gasteiger charge is 2.12. The van der Waals surface area contributed by atoms with E-state index in [1.165, 1.54) is 24.4 Å². The molecule has 1 aromatic heterocycles. The van der Waals surface area contributed by atoms with E-state index in [1.54, 1.807) is 0 Å². The van der Waals surface area contributed by atoms with Crippen molar-refractivity contribution in [1.29, 1.82) is 0 Å². The molecule has 19 heavy (non-hydrogen) atoms. The molecule has 2 aromatic rings. The third-order valence-electron chi connectivity index (χ3n) is 2.19. The summed E-state index contributed by atoms with van der Waals surface area (Å²) in [6, 6.07) is 3.18. The Morgan fingerprint density at radius 3 is 2.95 bits per heavy atom. The molecular weight excluding hydrogens is 257 g/mol. The highest BCUT2D eigenvalue weighted by Crippen LogP contribution is 2.21. The van der Waals surface area contributed by atoms with Gasteiger partial charge in [-0.1, -0.05) is 0 Å². The number of halogens is 1. The fourth-order valence-electron chi connectivity index (χ4n) is 1.39. The summed E-state index contributed by atoms with van der Waals surface area (Å²) < 4.78 is 19.6. The van der Waals surface area contributed by atoms with Gasteiger partial charge in [-0.2, -0.15) is 5.10 Å². The van der Waals surface area contributed by atoms with E-state index in [4.69, 9.17) is 4.74 Å². The van der Waals surface area contributed by atoms with Gasteiger partial charge >= 0.3 is 0 Å². The fraction of sp³-hybridized carbons (Fsp3) is 0. The predicted octanol–water partition coefficient (Wildman–Crippen LogP) is 1.64. The Bertz CT molecular complexity index is 676. The van der Waals surface area contributed by atoms with E-state index in [2.05, 4.69) is 5.10 Å². The maximum Gasteiger partial charge on any atom is 0.272 e. The number of carbonyl (C=O) groups excluding carboxylic acids is 1. The Morgan fingerprint density at radius 2 is 2.32 bits per heavy atom. The van der Waals surface area contributed by atoms with Gasteiger partial charge in [0, 0.05) is 6.07 Å². The molecule has 7 nitrogen and oxygen atoms in total.